The van der Waals surface area contributed by atoms with Crippen LogP contribution in [0.1, 0.15) is 48.3 Å². The summed E-state index contributed by atoms with van der Waals surface area (Å²) >= 11 is 5.31. The van der Waals surface area contributed by atoms with Gasteiger partial charge >= 0.3 is 0 Å². The zero-order chi connectivity index (χ0) is 14.4. The number of thioether (sulfide) groups is 1. The second-order valence-electron chi connectivity index (χ2n) is 4.35. The van der Waals surface area contributed by atoms with Crippen molar-refractivity contribution < 1.29 is 4.74 Å². The summed E-state index contributed by atoms with van der Waals surface area (Å²) < 4.78 is 5.56. The van der Waals surface area contributed by atoms with Crippen molar-refractivity contribution in [2.24, 2.45) is 0 Å². The highest BCUT2D eigenvalue weighted by molar-refractivity contribution is 7.97. The minimum absolute atomic E-state index is 0.106. The molecule has 0 aliphatic carbocycles. The second-order valence-corrected chi connectivity index (χ2v) is 7.17. The highest BCUT2D eigenvalue weighted by atomic mass is 32.2. The van der Waals surface area contributed by atoms with Crippen LogP contribution in [-0.2, 0) is 22.7 Å². The fourth-order valence-electron chi connectivity index (χ4n) is 1.73. The van der Waals surface area contributed by atoms with Crippen LogP contribution in [0.15, 0.2) is 10.8 Å². The average Bonchev–Trinajstić information content (AvgIpc) is 3.08. The summed E-state index contributed by atoms with van der Waals surface area (Å²) in [4.78, 5) is 9.21. The molecule has 6 heteroatoms. The molecule has 110 valence electrons. The molecule has 0 saturated heterocycles. The molecule has 0 aliphatic heterocycles. The molecular formula is C14H20N2OS3. The predicted molar refractivity (Wildman–Crippen MR) is 88.6 cm³/mol. The van der Waals surface area contributed by atoms with E-state index in [4.69, 9.17) is 4.74 Å². The van der Waals surface area contributed by atoms with E-state index in [1.165, 1.54) is 10.7 Å². The number of aromatic nitrogens is 2. The summed E-state index contributed by atoms with van der Waals surface area (Å²) in [7, 11) is 0. The van der Waals surface area contributed by atoms with Crippen LogP contribution in [0.5, 0.6) is 0 Å². The fraction of sp³-hybridized carbons (Fsp3) is 0.571. The lowest BCUT2D eigenvalue weighted by atomic mass is 10.4. The second kappa shape index (κ2) is 8.12. The minimum Gasteiger partial charge on any atom is -0.372 e. The fourth-order valence-corrected chi connectivity index (χ4v) is 4.33. The zero-order valence-corrected chi connectivity index (χ0v) is 14.5. The number of aryl methyl sites for hydroxylation is 1. The topological polar surface area (TPSA) is 35.0 Å². The van der Waals surface area contributed by atoms with E-state index in [2.05, 4.69) is 34.6 Å². The van der Waals surface area contributed by atoms with E-state index < -0.39 is 0 Å². The molecule has 2 heterocycles. The van der Waals surface area contributed by atoms with E-state index in [0.29, 0.717) is 0 Å². The molecule has 0 radical (unpaired) electrons. The maximum atomic E-state index is 5.56. The molecule has 0 N–H and O–H groups in total. The monoisotopic (exact) mass is 328 g/mol. The van der Waals surface area contributed by atoms with Crippen molar-refractivity contribution in [3.8, 4) is 0 Å². The third-order valence-electron chi connectivity index (χ3n) is 2.74. The number of nitrogens with zero attached hydrogens (tertiary/aromatic N) is 2. The van der Waals surface area contributed by atoms with Crippen LogP contribution in [0.2, 0.25) is 0 Å². The van der Waals surface area contributed by atoms with Crippen molar-refractivity contribution in [2.45, 2.75) is 44.8 Å². The largest absolute Gasteiger partial charge is 0.372 e. The standard InChI is InChI=1S/C14H20N2OS3/c1-4-13-15-11(8-19-13)6-18-7-12-9-20-14(16-12)10(3)17-5-2/h8-10H,4-7H2,1-3H3. The van der Waals surface area contributed by atoms with E-state index in [1.807, 2.05) is 18.7 Å². The first-order valence-corrected chi connectivity index (χ1v) is 9.71. The van der Waals surface area contributed by atoms with Gasteiger partial charge in [0.2, 0.25) is 0 Å². The van der Waals surface area contributed by atoms with Crippen LogP contribution in [0, 0.1) is 0 Å². The Bertz CT molecular complexity index is 524. The van der Waals surface area contributed by atoms with E-state index >= 15 is 0 Å². The van der Waals surface area contributed by atoms with Gasteiger partial charge in [0.1, 0.15) is 11.1 Å². The van der Waals surface area contributed by atoms with Crippen molar-refractivity contribution in [3.63, 3.8) is 0 Å². The Kier molecular flexibility index (Phi) is 6.48. The van der Waals surface area contributed by atoms with Gasteiger partial charge in [-0.1, -0.05) is 6.92 Å². The number of rotatable bonds is 8. The molecule has 2 rings (SSSR count). The molecule has 0 aromatic carbocycles. The highest BCUT2D eigenvalue weighted by Crippen LogP contribution is 2.24. The Morgan fingerprint density at radius 2 is 1.85 bits per heavy atom. The molecular weight excluding hydrogens is 308 g/mol. The smallest absolute Gasteiger partial charge is 0.122 e. The van der Waals surface area contributed by atoms with Crippen molar-refractivity contribution >= 4 is 34.4 Å². The first-order chi connectivity index (χ1) is 9.72. The van der Waals surface area contributed by atoms with Crippen LogP contribution in [0.4, 0.5) is 0 Å². The van der Waals surface area contributed by atoms with Crippen LogP contribution >= 0.6 is 34.4 Å². The lowest BCUT2D eigenvalue weighted by molar-refractivity contribution is 0.0761. The van der Waals surface area contributed by atoms with Gasteiger partial charge in [0, 0.05) is 28.9 Å². The summed E-state index contributed by atoms with van der Waals surface area (Å²) in [6.45, 7) is 6.95. The molecule has 3 nitrogen and oxygen atoms in total. The Labute approximate surface area is 132 Å². The Morgan fingerprint density at radius 3 is 2.50 bits per heavy atom. The van der Waals surface area contributed by atoms with E-state index in [0.717, 1.165) is 35.2 Å². The van der Waals surface area contributed by atoms with Crippen molar-refractivity contribution in [2.75, 3.05) is 6.61 Å². The molecule has 0 spiro atoms. The molecule has 1 unspecified atom stereocenters. The lowest BCUT2D eigenvalue weighted by Crippen LogP contribution is -1.98. The van der Waals surface area contributed by atoms with Gasteiger partial charge in [-0.25, -0.2) is 9.97 Å². The molecule has 0 fully saturated rings. The zero-order valence-electron chi connectivity index (χ0n) is 12.1. The summed E-state index contributed by atoms with van der Waals surface area (Å²) in [5, 5.41) is 6.60. The van der Waals surface area contributed by atoms with Crippen molar-refractivity contribution in [1.82, 2.24) is 9.97 Å². The summed E-state index contributed by atoms with van der Waals surface area (Å²) in [6, 6.07) is 0. The number of ether oxygens (including phenoxy) is 1. The van der Waals surface area contributed by atoms with Gasteiger partial charge in [-0.3, -0.25) is 0 Å². The third-order valence-corrected chi connectivity index (χ3v) is 5.83. The molecule has 0 bridgehead atoms. The summed E-state index contributed by atoms with van der Waals surface area (Å²) in [6.07, 6.45) is 1.13. The molecule has 0 saturated carbocycles. The lowest BCUT2D eigenvalue weighted by Gasteiger charge is -2.06. The van der Waals surface area contributed by atoms with Crippen LogP contribution in [0.3, 0.4) is 0 Å². The van der Waals surface area contributed by atoms with Gasteiger partial charge in [-0.15, -0.1) is 34.4 Å². The summed E-state index contributed by atoms with van der Waals surface area (Å²) in [5.41, 5.74) is 2.34. The van der Waals surface area contributed by atoms with E-state index in [1.54, 1.807) is 22.7 Å². The van der Waals surface area contributed by atoms with Crippen molar-refractivity contribution in [1.29, 1.82) is 0 Å². The predicted octanol–water partition coefficient (Wildman–Crippen LogP) is 4.69. The van der Waals surface area contributed by atoms with Crippen LogP contribution < -0.4 is 0 Å². The van der Waals surface area contributed by atoms with Crippen LogP contribution in [-0.4, -0.2) is 16.6 Å². The Balaban J connectivity index is 1.79. The minimum atomic E-state index is 0.106. The normalized spacial score (nSPS) is 12.8. The van der Waals surface area contributed by atoms with Gasteiger partial charge in [0.15, 0.2) is 0 Å². The molecule has 2 aromatic rings. The number of hydrogen-bond donors (Lipinski definition) is 0. The molecule has 2 aromatic heterocycles. The molecule has 1 atom stereocenters. The first kappa shape index (κ1) is 15.9. The quantitative estimate of drug-likeness (QED) is 0.704. The van der Waals surface area contributed by atoms with Gasteiger partial charge < -0.3 is 4.74 Å². The number of thiazole rings is 2. The summed E-state index contributed by atoms with van der Waals surface area (Å²) in [5.74, 6) is 1.90. The molecule has 0 aliphatic rings. The SMILES string of the molecule is CCOC(C)c1nc(CSCc2csc(CC)n2)cs1. The Hall–Kier alpha value is -0.430. The van der Waals surface area contributed by atoms with Crippen molar-refractivity contribution in [3.05, 3.63) is 32.2 Å². The van der Waals surface area contributed by atoms with E-state index in [-0.39, 0.29) is 6.10 Å². The number of hydrogen-bond acceptors (Lipinski definition) is 6. The highest BCUT2D eigenvalue weighted by Gasteiger charge is 2.10. The van der Waals surface area contributed by atoms with E-state index in [9.17, 15) is 0 Å². The van der Waals surface area contributed by atoms with Crippen LogP contribution in [0.25, 0.3) is 0 Å². The van der Waals surface area contributed by atoms with Gasteiger partial charge in [0.05, 0.1) is 16.4 Å². The average molecular weight is 329 g/mol. The first-order valence-electron chi connectivity index (χ1n) is 6.79. The van der Waals surface area contributed by atoms with Gasteiger partial charge in [-0.05, 0) is 20.3 Å². The third kappa shape index (κ3) is 4.55. The maximum absolute atomic E-state index is 5.56. The molecule has 20 heavy (non-hydrogen) atoms. The van der Waals surface area contributed by atoms with Gasteiger partial charge in [-0.2, -0.15) is 0 Å². The van der Waals surface area contributed by atoms with Gasteiger partial charge in [0.25, 0.3) is 0 Å². The molecule has 0 amide bonds. The maximum Gasteiger partial charge on any atom is 0.122 e. The Morgan fingerprint density at radius 1 is 1.15 bits per heavy atom.